The number of carbonyl (C=O) groups is 1. The minimum Gasteiger partial charge on any atom is -0.297 e. The predicted molar refractivity (Wildman–Crippen MR) is 100 cm³/mol. The molecule has 1 amide bonds. The molecule has 4 rings (SSSR count). The summed E-state index contributed by atoms with van der Waals surface area (Å²) in [5.41, 5.74) is 2.43. The van der Waals surface area contributed by atoms with Crippen LogP contribution in [0.3, 0.4) is 0 Å². The summed E-state index contributed by atoms with van der Waals surface area (Å²) in [6.45, 7) is 5.53. The van der Waals surface area contributed by atoms with Crippen LogP contribution in [0, 0.1) is 5.92 Å². The van der Waals surface area contributed by atoms with Gasteiger partial charge in [-0.25, -0.2) is 4.98 Å². The number of nitrogens with one attached hydrogen (secondary N) is 1. The Morgan fingerprint density at radius 3 is 3.00 bits per heavy atom. The number of nitrogens with zero attached hydrogens (tertiary/aromatic N) is 2. The molecule has 4 nitrogen and oxygen atoms in total. The van der Waals surface area contributed by atoms with Crippen LogP contribution >= 0.6 is 22.7 Å². The molecule has 128 valence electrons. The summed E-state index contributed by atoms with van der Waals surface area (Å²) >= 11 is 3.17. The number of rotatable bonds is 4. The Hall–Kier alpha value is -1.24. The van der Waals surface area contributed by atoms with Crippen molar-refractivity contribution in [3.8, 4) is 0 Å². The molecule has 2 aromatic rings. The molecule has 24 heavy (non-hydrogen) atoms. The van der Waals surface area contributed by atoms with E-state index in [1.807, 2.05) is 0 Å². The lowest BCUT2D eigenvalue weighted by atomic mass is 9.99. The first-order chi connectivity index (χ1) is 11.7. The van der Waals surface area contributed by atoms with Crippen molar-refractivity contribution in [2.45, 2.75) is 45.6 Å². The molecule has 6 heteroatoms. The third-order valence-electron chi connectivity index (χ3n) is 5.00. The zero-order chi connectivity index (χ0) is 16.5. The van der Waals surface area contributed by atoms with Crippen LogP contribution in [-0.2, 0) is 19.4 Å². The van der Waals surface area contributed by atoms with Gasteiger partial charge in [-0.3, -0.25) is 15.0 Å². The van der Waals surface area contributed by atoms with Crippen molar-refractivity contribution in [3.05, 3.63) is 32.5 Å². The molecule has 1 aliphatic carbocycles. The maximum absolute atomic E-state index is 12.4. The van der Waals surface area contributed by atoms with Crippen LogP contribution in [0.2, 0.25) is 0 Å². The van der Waals surface area contributed by atoms with Crippen molar-refractivity contribution < 1.29 is 4.79 Å². The van der Waals surface area contributed by atoms with Crippen LogP contribution in [0.5, 0.6) is 0 Å². The van der Waals surface area contributed by atoms with Gasteiger partial charge in [-0.1, -0.05) is 6.92 Å². The van der Waals surface area contributed by atoms with E-state index < -0.39 is 0 Å². The zero-order valence-corrected chi connectivity index (χ0v) is 15.6. The van der Waals surface area contributed by atoms with E-state index in [0.29, 0.717) is 5.13 Å². The predicted octanol–water partition coefficient (Wildman–Crippen LogP) is 4.18. The molecule has 0 saturated carbocycles. The molecule has 0 bridgehead atoms. The lowest BCUT2D eigenvalue weighted by Gasteiger charge is -2.29. The van der Waals surface area contributed by atoms with Gasteiger partial charge in [-0.2, -0.15) is 0 Å². The number of likely N-dealkylation sites (tertiary alicyclic amines) is 1. The highest BCUT2D eigenvalue weighted by atomic mass is 32.1. The van der Waals surface area contributed by atoms with Crippen molar-refractivity contribution in [1.82, 2.24) is 9.88 Å². The molecule has 1 aliphatic heterocycles. The molecule has 2 aromatic heterocycles. The van der Waals surface area contributed by atoms with Crippen LogP contribution in [0.4, 0.5) is 5.13 Å². The number of aromatic nitrogens is 1. The second-order valence-corrected chi connectivity index (χ2v) is 8.96. The van der Waals surface area contributed by atoms with E-state index in [0.717, 1.165) is 49.0 Å². The highest BCUT2D eigenvalue weighted by Crippen LogP contribution is 2.31. The van der Waals surface area contributed by atoms with Crippen molar-refractivity contribution >= 4 is 33.7 Å². The van der Waals surface area contributed by atoms with Gasteiger partial charge >= 0.3 is 0 Å². The summed E-state index contributed by atoms with van der Waals surface area (Å²) in [6.07, 6.45) is 6.03. The first kappa shape index (κ1) is 16.2. The fraction of sp³-hybridized carbons (Fsp3) is 0.556. The number of thiophene rings is 1. The third-order valence-corrected chi connectivity index (χ3v) is 7.05. The SMILES string of the molecule is CC1CCN(Cc2csc(NC(=O)c3cc4c(s3)CCC4)n2)CC1. The van der Waals surface area contributed by atoms with Gasteiger partial charge in [0, 0.05) is 16.8 Å². The quantitative estimate of drug-likeness (QED) is 0.889. The van der Waals surface area contributed by atoms with Gasteiger partial charge in [-0.05, 0) is 62.7 Å². The highest BCUT2D eigenvalue weighted by Gasteiger charge is 2.20. The lowest BCUT2D eigenvalue weighted by molar-refractivity contribution is 0.103. The van der Waals surface area contributed by atoms with E-state index >= 15 is 0 Å². The number of anilines is 1. The van der Waals surface area contributed by atoms with Gasteiger partial charge in [0.05, 0.1) is 10.6 Å². The van der Waals surface area contributed by atoms with Crippen LogP contribution in [0.25, 0.3) is 0 Å². The number of hydrogen-bond donors (Lipinski definition) is 1. The minimum absolute atomic E-state index is 0.0119. The number of fused-ring (bicyclic) bond motifs is 1. The first-order valence-electron chi connectivity index (χ1n) is 8.77. The summed E-state index contributed by atoms with van der Waals surface area (Å²) in [5, 5.41) is 5.76. The van der Waals surface area contributed by atoms with Crippen molar-refractivity contribution in [3.63, 3.8) is 0 Å². The van der Waals surface area contributed by atoms with E-state index in [4.69, 9.17) is 0 Å². The minimum atomic E-state index is -0.0119. The standard InChI is InChI=1S/C18H23N3OS2/c1-12-5-7-21(8-6-12)10-14-11-23-18(19-14)20-17(22)16-9-13-3-2-4-15(13)24-16/h9,11-12H,2-8,10H2,1H3,(H,19,20,22). The van der Waals surface area contributed by atoms with Crippen molar-refractivity contribution in [2.24, 2.45) is 5.92 Å². The van der Waals surface area contributed by atoms with Crippen LogP contribution in [0.1, 0.15) is 52.0 Å². The van der Waals surface area contributed by atoms with Gasteiger partial charge in [-0.15, -0.1) is 22.7 Å². The number of aryl methyl sites for hydroxylation is 2. The molecular weight excluding hydrogens is 338 g/mol. The number of carbonyl (C=O) groups excluding carboxylic acids is 1. The summed E-state index contributed by atoms with van der Waals surface area (Å²) in [4.78, 5) is 21.7. The Morgan fingerprint density at radius 1 is 1.38 bits per heavy atom. The van der Waals surface area contributed by atoms with Crippen molar-refractivity contribution in [1.29, 1.82) is 0 Å². The molecule has 0 radical (unpaired) electrons. The fourth-order valence-electron chi connectivity index (χ4n) is 3.49. The number of piperidine rings is 1. The van der Waals surface area contributed by atoms with E-state index in [9.17, 15) is 4.79 Å². The van der Waals surface area contributed by atoms with E-state index in [1.165, 1.54) is 41.0 Å². The second-order valence-electron chi connectivity index (χ2n) is 6.97. The molecule has 0 spiro atoms. The smallest absolute Gasteiger partial charge is 0.267 e. The van der Waals surface area contributed by atoms with Crippen LogP contribution in [-0.4, -0.2) is 28.9 Å². The maximum atomic E-state index is 12.4. The van der Waals surface area contributed by atoms with Gasteiger partial charge in [0.1, 0.15) is 0 Å². The first-order valence-corrected chi connectivity index (χ1v) is 10.5. The van der Waals surface area contributed by atoms with E-state index in [2.05, 4.69) is 33.6 Å². The second kappa shape index (κ2) is 6.94. The molecule has 0 atom stereocenters. The van der Waals surface area contributed by atoms with Gasteiger partial charge < -0.3 is 0 Å². The summed E-state index contributed by atoms with van der Waals surface area (Å²) in [6, 6.07) is 2.06. The third kappa shape index (κ3) is 3.55. The molecule has 1 fully saturated rings. The lowest BCUT2D eigenvalue weighted by Crippen LogP contribution is -2.32. The normalized spacial score (nSPS) is 18.7. The maximum Gasteiger partial charge on any atom is 0.267 e. The van der Waals surface area contributed by atoms with E-state index in [-0.39, 0.29) is 5.91 Å². The van der Waals surface area contributed by atoms with Crippen molar-refractivity contribution in [2.75, 3.05) is 18.4 Å². The monoisotopic (exact) mass is 361 g/mol. The molecule has 1 N–H and O–H groups in total. The Balaban J connectivity index is 1.35. The Bertz CT molecular complexity index is 707. The number of hydrogen-bond acceptors (Lipinski definition) is 5. The van der Waals surface area contributed by atoms with Gasteiger partial charge in [0.2, 0.25) is 0 Å². The zero-order valence-electron chi connectivity index (χ0n) is 14.0. The van der Waals surface area contributed by atoms with Crippen LogP contribution < -0.4 is 5.32 Å². The average Bonchev–Trinajstić information content (AvgIpc) is 3.25. The Kier molecular flexibility index (Phi) is 4.70. The molecule has 0 aromatic carbocycles. The van der Waals surface area contributed by atoms with Gasteiger partial charge in [0.25, 0.3) is 5.91 Å². The largest absolute Gasteiger partial charge is 0.297 e. The summed E-state index contributed by atoms with van der Waals surface area (Å²) in [7, 11) is 0. The number of thiazole rings is 1. The topological polar surface area (TPSA) is 45.2 Å². The summed E-state index contributed by atoms with van der Waals surface area (Å²) < 4.78 is 0. The molecule has 2 aliphatic rings. The van der Waals surface area contributed by atoms with E-state index in [1.54, 1.807) is 11.3 Å². The molecular formula is C18H23N3OS2. The number of amides is 1. The van der Waals surface area contributed by atoms with Gasteiger partial charge in [0.15, 0.2) is 5.13 Å². The Labute approximate surface area is 150 Å². The summed E-state index contributed by atoms with van der Waals surface area (Å²) in [5.74, 6) is 0.834. The fourth-order valence-corrected chi connectivity index (χ4v) is 5.33. The Morgan fingerprint density at radius 2 is 2.21 bits per heavy atom. The highest BCUT2D eigenvalue weighted by molar-refractivity contribution is 7.15. The average molecular weight is 362 g/mol. The molecule has 3 heterocycles. The molecule has 1 saturated heterocycles. The van der Waals surface area contributed by atoms with Crippen LogP contribution in [0.15, 0.2) is 11.4 Å². The molecule has 0 unspecified atom stereocenters.